The summed E-state index contributed by atoms with van der Waals surface area (Å²) in [6.45, 7) is 6.30. The average Bonchev–Trinajstić information content (AvgIpc) is 2.45. The van der Waals surface area contributed by atoms with E-state index in [0.29, 0.717) is 12.2 Å². The Hall–Kier alpha value is -2.00. The number of rotatable bonds is 5. The Morgan fingerprint density at radius 1 is 1.23 bits per heavy atom. The molecule has 1 aromatic rings. The number of benzene rings is 1. The van der Waals surface area contributed by atoms with Gasteiger partial charge in [0, 0.05) is 11.1 Å². The molecule has 2 N–H and O–H groups in total. The van der Waals surface area contributed by atoms with Crippen molar-refractivity contribution in [1.29, 1.82) is 0 Å². The molecule has 0 bridgehead atoms. The van der Waals surface area contributed by atoms with Crippen LogP contribution >= 0.6 is 0 Å². The van der Waals surface area contributed by atoms with Gasteiger partial charge in [-0.05, 0) is 64.3 Å². The van der Waals surface area contributed by atoms with E-state index >= 15 is 0 Å². The summed E-state index contributed by atoms with van der Waals surface area (Å²) >= 11 is 0. The van der Waals surface area contributed by atoms with E-state index in [1.807, 2.05) is 6.08 Å². The number of aliphatic hydroxyl groups is 1. The van der Waals surface area contributed by atoms with E-state index in [4.69, 9.17) is 4.74 Å². The zero-order chi connectivity index (χ0) is 16.1. The third-order valence-electron chi connectivity index (χ3n) is 3.69. The summed E-state index contributed by atoms with van der Waals surface area (Å²) in [6, 6.07) is 3.47. The van der Waals surface area contributed by atoms with E-state index in [2.05, 4.69) is 32.9 Å². The van der Waals surface area contributed by atoms with Crippen LogP contribution < -0.4 is 4.74 Å². The van der Waals surface area contributed by atoms with Gasteiger partial charge in [-0.2, -0.15) is 0 Å². The lowest BCUT2D eigenvalue weighted by molar-refractivity contribution is 0.0222. The van der Waals surface area contributed by atoms with Gasteiger partial charge in [0.25, 0.3) is 0 Å². The second-order valence-electron chi connectivity index (χ2n) is 5.92. The van der Waals surface area contributed by atoms with Crippen LogP contribution in [0, 0.1) is 0 Å². The molecule has 22 heavy (non-hydrogen) atoms. The summed E-state index contributed by atoms with van der Waals surface area (Å²) in [5, 5.41) is 19.7. The summed E-state index contributed by atoms with van der Waals surface area (Å²) in [5.74, 6) is 0.776. The van der Waals surface area contributed by atoms with Gasteiger partial charge >= 0.3 is 0 Å². The molecule has 1 atom stereocenters. The van der Waals surface area contributed by atoms with E-state index in [9.17, 15) is 10.2 Å². The molecule has 0 saturated carbocycles. The molecule has 0 fully saturated rings. The van der Waals surface area contributed by atoms with Crippen LogP contribution in [-0.2, 0) is 6.42 Å². The molecule has 2 rings (SSSR count). The molecule has 0 saturated heterocycles. The third kappa shape index (κ3) is 4.25. The first kappa shape index (κ1) is 16.4. The minimum absolute atomic E-state index is 0.203. The highest BCUT2D eigenvalue weighted by atomic mass is 16.6. The Kier molecular flexibility index (Phi) is 5.45. The van der Waals surface area contributed by atoms with E-state index in [1.54, 1.807) is 18.2 Å². The molecular formula is C19H24O3. The second-order valence-corrected chi connectivity index (χ2v) is 5.92. The lowest BCUT2D eigenvalue weighted by Crippen LogP contribution is -2.16. The molecule has 1 aliphatic rings. The number of aromatic hydroxyl groups is 1. The van der Waals surface area contributed by atoms with E-state index in [1.165, 1.54) is 11.1 Å². The molecule has 0 amide bonds. The largest absolute Gasteiger partial charge is 0.508 e. The molecule has 1 aliphatic heterocycles. The summed E-state index contributed by atoms with van der Waals surface area (Å²) in [7, 11) is 0. The minimum atomic E-state index is -0.948. The van der Waals surface area contributed by atoms with Crippen molar-refractivity contribution in [3.63, 3.8) is 0 Å². The normalized spacial score (nSPS) is 16.9. The predicted molar refractivity (Wildman–Crippen MR) is 89.9 cm³/mol. The molecule has 3 nitrogen and oxygen atoms in total. The van der Waals surface area contributed by atoms with Crippen LogP contribution in [0.2, 0.25) is 0 Å². The summed E-state index contributed by atoms with van der Waals surface area (Å²) in [4.78, 5) is 0. The maximum atomic E-state index is 10.1. The van der Waals surface area contributed by atoms with Crippen LogP contribution in [0.1, 0.15) is 44.7 Å². The van der Waals surface area contributed by atoms with Gasteiger partial charge in [-0.1, -0.05) is 23.3 Å². The fourth-order valence-corrected chi connectivity index (χ4v) is 2.42. The van der Waals surface area contributed by atoms with Gasteiger partial charge in [0.15, 0.2) is 0 Å². The zero-order valence-corrected chi connectivity index (χ0v) is 13.5. The van der Waals surface area contributed by atoms with E-state index in [0.717, 1.165) is 24.0 Å². The predicted octanol–water partition coefficient (Wildman–Crippen LogP) is 4.35. The Balaban J connectivity index is 2.13. The number of fused-ring (bicyclic) bond motifs is 1. The van der Waals surface area contributed by atoms with E-state index in [-0.39, 0.29) is 5.75 Å². The SMILES string of the molecule is CC(C)=CCC/C(C)=C/Cc1c(O)ccc2c1OC(O)C=C2. The number of hydrogen-bond donors (Lipinski definition) is 2. The van der Waals surface area contributed by atoms with Crippen LogP contribution in [0.3, 0.4) is 0 Å². The molecule has 3 heteroatoms. The van der Waals surface area contributed by atoms with Crippen LogP contribution in [-0.4, -0.2) is 16.5 Å². The lowest BCUT2D eigenvalue weighted by atomic mass is 10.0. The van der Waals surface area contributed by atoms with Crippen molar-refractivity contribution in [3.05, 3.63) is 52.6 Å². The van der Waals surface area contributed by atoms with Gasteiger partial charge < -0.3 is 14.9 Å². The van der Waals surface area contributed by atoms with Crippen LogP contribution in [0.5, 0.6) is 11.5 Å². The summed E-state index contributed by atoms with van der Waals surface area (Å²) in [6.07, 6.45) is 9.42. The topological polar surface area (TPSA) is 49.7 Å². The first-order valence-corrected chi connectivity index (χ1v) is 7.64. The van der Waals surface area contributed by atoms with Gasteiger partial charge in [-0.15, -0.1) is 0 Å². The highest BCUT2D eigenvalue weighted by Gasteiger charge is 2.18. The van der Waals surface area contributed by atoms with Crippen molar-refractivity contribution in [1.82, 2.24) is 0 Å². The molecule has 0 aromatic heterocycles. The summed E-state index contributed by atoms with van der Waals surface area (Å²) < 4.78 is 5.46. The van der Waals surface area contributed by atoms with Gasteiger partial charge in [0.05, 0.1) is 0 Å². The molecule has 118 valence electrons. The van der Waals surface area contributed by atoms with Crippen LogP contribution in [0.25, 0.3) is 6.08 Å². The van der Waals surface area contributed by atoms with Gasteiger partial charge in [0.2, 0.25) is 6.29 Å². The molecular weight excluding hydrogens is 276 g/mol. The second kappa shape index (κ2) is 7.32. The number of allylic oxidation sites excluding steroid dienone is 4. The Morgan fingerprint density at radius 2 is 2.00 bits per heavy atom. The van der Waals surface area contributed by atoms with Crippen molar-refractivity contribution in [2.75, 3.05) is 0 Å². The Labute approximate surface area is 132 Å². The van der Waals surface area contributed by atoms with Crippen molar-refractivity contribution < 1.29 is 14.9 Å². The Morgan fingerprint density at radius 3 is 2.73 bits per heavy atom. The van der Waals surface area contributed by atoms with Crippen molar-refractivity contribution >= 4 is 6.08 Å². The first-order chi connectivity index (χ1) is 10.5. The molecule has 1 aromatic carbocycles. The number of aliphatic hydroxyl groups excluding tert-OH is 1. The highest BCUT2D eigenvalue weighted by Crippen LogP contribution is 2.36. The van der Waals surface area contributed by atoms with Crippen molar-refractivity contribution in [2.45, 2.75) is 46.3 Å². The maximum Gasteiger partial charge on any atom is 0.217 e. The smallest absolute Gasteiger partial charge is 0.217 e. The van der Waals surface area contributed by atoms with Crippen LogP contribution in [0.15, 0.2) is 41.5 Å². The standard InChI is InChI=1S/C19H24O3/c1-13(2)5-4-6-14(3)7-10-16-17(20)11-8-15-9-12-18(21)22-19(15)16/h5,7-9,11-12,18,20-21H,4,6,10H2,1-3H3/b14-7+. The molecule has 0 aliphatic carbocycles. The average molecular weight is 300 g/mol. The molecule has 0 radical (unpaired) electrons. The third-order valence-corrected chi connectivity index (χ3v) is 3.69. The highest BCUT2D eigenvalue weighted by molar-refractivity contribution is 5.65. The number of phenolic OH excluding ortho intramolecular Hbond substituents is 1. The van der Waals surface area contributed by atoms with E-state index < -0.39 is 6.29 Å². The summed E-state index contributed by atoms with van der Waals surface area (Å²) in [5.41, 5.74) is 4.22. The lowest BCUT2D eigenvalue weighted by Gasteiger charge is -2.20. The van der Waals surface area contributed by atoms with Crippen molar-refractivity contribution in [2.24, 2.45) is 0 Å². The van der Waals surface area contributed by atoms with Gasteiger partial charge in [0.1, 0.15) is 11.5 Å². The fourth-order valence-electron chi connectivity index (χ4n) is 2.42. The molecule has 1 unspecified atom stereocenters. The van der Waals surface area contributed by atoms with Gasteiger partial charge in [-0.25, -0.2) is 0 Å². The zero-order valence-electron chi connectivity index (χ0n) is 13.5. The van der Waals surface area contributed by atoms with Crippen molar-refractivity contribution in [3.8, 4) is 11.5 Å². The van der Waals surface area contributed by atoms with Gasteiger partial charge in [-0.3, -0.25) is 0 Å². The fraction of sp³-hybridized carbons (Fsp3) is 0.368. The minimum Gasteiger partial charge on any atom is -0.508 e. The number of ether oxygens (including phenoxy) is 1. The number of phenols is 1. The first-order valence-electron chi connectivity index (χ1n) is 7.64. The number of hydrogen-bond acceptors (Lipinski definition) is 3. The monoisotopic (exact) mass is 300 g/mol. The maximum absolute atomic E-state index is 10.1. The molecule has 0 spiro atoms. The Bertz CT molecular complexity index is 620. The quantitative estimate of drug-likeness (QED) is 0.795. The molecule has 1 heterocycles. The van der Waals surface area contributed by atoms with Crippen LogP contribution in [0.4, 0.5) is 0 Å².